The predicted molar refractivity (Wildman–Crippen MR) is 128 cm³/mol. The quantitative estimate of drug-likeness (QED) is 0.244. The van der Waals surface area contributed by atoms with Crippen molar-refractivity contribution in [3.63, 3.8) is 0 Å². The summed E-state index contributed by atoms with van der Waals surface area (Å²) in [5.41, 5.74) is 3.03. The second kappa shape index (κ2) is 10.4. The van der Waals surface area contributed by atoms with E-state index in [-0.39, 0.29) is 24.0 Å². The second-order valence-corrected chi connectivity index (χ2v) is 9.19. The van der Waals surface area contributed by atoms with Crippen LogP contribution in [0.1, 0.15) is 31.9 Å². The lowest BCUT2D eigenvalue weighted by atomic mass is 10.1. The van der Waals surface area contributed by atoms with Crippen molar-refractivity contribution in [2.45, 2.75) is 39.7 Å². The van der Waals surface area contributed by atoms with Crippen molar-refractivity contribution < 1.29 is 8.42 Å². The molecule has 0 unspecified atom stereocenters. The summed E-state index contributed by atoms with van der Waals surface area (Å²) in [5, 5.41) is 7.80. The van der Waals surface area contributed by atoms with Crippen LogP contribution in [0.4, 0.5) is 0 Å². The molecule has 0 radical (unpaired) electrons. The first-order valence-electron chi connectivity index (χ1n) is 9.18. The number of H-pyrrole nitrogens is 1. The Hall–Kier alpha value is -1.33. The molecule has 0 atom stereocenters. The molecule has 4 N–H and O–H groups in total. The number of aliphatic imine (C=N–C) groups is 1. The molecule has 7 nitrogen and oxygen atoms in total. The van der Waals surface area contributed by atoms with Gasteiger partial charge in [0.1, 0.15) is 0 Å². The number of nitrogens with zero attached hydrogens (tertiary/aromatic N) is 1. The number of rotatable bonds is 8. The molecule has 0 bridgehead atoms. The molecule has 0 amide bonds. The minimum atomic E-state index is -3.28. The molecule has 28 heavy (non-hydrogen) atoms. The third-order valence-corrected chi connectivity index (χ3v) is 5.04. The average Bonchev–Trinajstić information content (AvgIpc) is 2.95. The topological polar surface area (TPSA) is 98.4 Å². The van der Waals surface area contributed by atoms with E-state index in [1.807, 2.05) is 20.8 Å². The maximum atomic E-state index is 11.5. The standard InChI is InChI=1S/C19H31N5O2S.HI/c1-6-20-18(23-13-19(3,4)24-27(5,25)26)21-11-10-15-12-22-16-9-7-8-14(2)17(15)16;/h7-9,12,22,24H,6,10-11,13H2,1-5H3,(H2,20,21,23);1H. The molecule has 0 aliphatic rings. The van der Waals surface area contributed by atoms with Gasteiger partial charge in [0.25, 0.3) is 0 Å². The van der Waals surface area contributed by atoms with E-state index in [9.17, 15) is 8.42 Å². The highest BCUT2D eigenvalue weighted by molar-refractivity contribution is 14.0. The Bertz CT molecular complexity index is 906. The first-order valence-corrected chi connectivity index (χ1v) is 11.1. The third-order valence-electron chi connectivity index (χ3n) is 4.12. The van der Waals surface area contributed by atoms with Crippen LogP contribution in [0.15, 0.2) is 29.4 Å². The molecule has 2 rings (SSSR count). The van der Waals surface area contributed by atoms with Gasteiger partial charge in [-0.3, -0.25) is 4.99 Å². The SMILES string of the molecule is CCNC(=NCC(C)(C)NS(C)(=O)=O)NCCc1c[nH]c2cccc(C)c12.I. The van der Waals surface area contributed by atoms with E-state index < -0.39 is 15.6 Å². The Labute approximate surface area is 185 Å². The van der Waals surface area contributed by atoms with Gasteiger partial charge in [0, 0.05) is 35.7 Å². The van der Waals surface area contributed by atoms with Crippen LogP contribution in [0.3, 0.4) is 0 Å². The number of nitrogens with one attached hydrogen (secondary N) is 4. The molecule has 0 saturated carbocycles. The van der Waals surface area contributed by atoms with Gasteiger partial charge in [-0.1, -0.05) is 12.1 Å². The van der Waals surface area contributed by atoms with Gasteiger partial charge in [0.15, 0.2) is 5.96 Å². The molecule has 1 aromatic heterocycles. The van der Waals surface area contributed by atoms with E-state index in [2.05, 4.69) is 56.7 Å². The molecule has 158 valence electrons. The van der Waals surface area contributed by atoms with E-state index in [1.54, 1.807) is 0 Å². The predicted octanol–water partition coefficient (Wildman–Crippen LogP) is 2.52. The van der Waals surface area contributed by atoms with Gasteiger partial charge in [-0.25, -0.2) is 13.1 Å². The van der Waals surface area contributed by atoms with Crippen molar-refractivity contribution in [2.24, 2.45) is 4.99 Å². The summed E-state index contributed by atoms with van der Waals surface area (Å²) >= 11 is 0. The zero-order valence-electron chi connectivity index (χ0n) is 17.2. The van der Waals surface area contributed by atoms with E-state index >= 15 is 0 Å². The van der Waals surface area contributed by atoms with Gasteiger partial charge in [-0.2, -0.15) is 0 Å². The molecule has 1 aromatic carbocycles. The van der Waals surface area contributed by atoms with Gasteiger partial charge < -0.3 is 15.6 Å². The Balaban J connectivity index is 0.00000392. The van der Waals surface area contributed by atoms with E-state index in [0.717, 1.165) is 31.3 Å². The molecular weight excluding hydrogens is 489 g/mol. The zero-order chi connectivity index (χ0) is 20.1. The summed E-state index contributed by atoms with van der Waals surface area (Å²) in [4.78, 5) is 7.85. The number of aromatic nitrogens is 1. The molecule has 0 aliphatic heterocycles. The molecule has 0 aliphatic carbocycles. The fourth-order valence-electron chi connectivity index (χ4n) is 3.12. The molecule has 0 fully saturated rings. The fourth-order valence-corrected chi connectivity index (χ4v) is 4.18. The zero-order valence-corrected chi connectivity index (χ0v) is 20.4. The van der Waals surface area contributed by atoms with Gasteiger partial charge in [0.2, 0.25) is 10.0 Å². The second-order valence-electron chi connectivity index (χ2n) is 7.44. The van der Waals surface area contributed by atoms with Crippen LogP contribution < -0.4 is 15.4 Å². The van der Waals surface area contributed by atoms with Crippen LogP contribution in [0.25, 0.3) is 10.9 Å². The molecule has 1 heterocycles. The summed E-state index contributed by atoms with van der Waals surface area (Å²) in [6.45, 7) is 9.55. The normalized spacial score (nSPS) is 12.7. The van der Waals surface area contributed by atoms with Crippen LogP contribution in [0.5, 0.6) is 0 Å². The fraction of sp³-hybridized carbons (Fsp3) is 0.526. The summed E-state index contributed by atoms with van der Waals surface area (Å²) in [7, 11) is -3.28. The van der Waals surface area contributed by atoms with Crippen molar-refractivity contribution in [3.05, 3.63) is 35.5 Å². The maximum Gasteiger partial charge on any atom is 0.209 e. The lowest BCUT2D eigenvalue weighted by Gasteiger charge is -2.23. The van der Waals surface area contributed by atoms with Gasteiger partial charge >= 0.3 is 0 Å². The van der Waals surface area contributed by atoms with Crippen molar-refractivity contribution in [1.29, 1.82) is 0 Å². The summed E-state index contributed by atoms with van der Waals surface area (Å²) in [6.07, 6.45) is 4.08. The minimum Gasteiger partial charge on any atom is -0.361 e. The van der Waals surface area contributed by atoms with Crippen LogP contribution >= 0.6 is 24.0 Å². The first kappa shape index (κ1) is 24.7. The number of aryl methyl sites for hydroxylation is 1. The van der Waals surface area contributed by atoms with Crippen molar-refractivity contribution in [2.75, 3.05) is 25.9 Å². The summed E-state index contributed by atoms with van der Waals surface area (Å²) in [6, 6.07) is 6.26. The largest absolute Gasteiger partial charge is 0.361 e. The molecule has 2 aromatic rings. The third kappa shape index (κ3) is 7.59. The van der Waals surface area contributed by atoms with Gasteiger partial charge in [-0.05, 0) is 51.3 Å². The van der Waals surface area contributed by atoms with Crippen molar-refractivity contribution >= 4 is 50.9 Å². The first-order chi connectivity index (χ1) is 12.6. The Morgan fingerprint density at radius 1 is 1.25 bits per heavy atom. The number of aromatic amines is 1. The van der Waals surface area contributed by atoms with Crippen LogP contribution in [0.2, 0.25) is 0 Å². The summed E-state index contributed by atoms with van der Waals surface area (Å²) in [5.74, 6) is 0.678. The van der Waals surface area contributed by atoms with Crippen LogP contribution in [0, 0.1) is 6.92 Å². The highest BCUT2D eigenvalue weighted by Gasteiger charge is 2.21. The number of hydrogen-bond acceptors (Lipinski definition) is 3. The van der Waals surface area contributed by atoms with Crippen LogP contribution in [-0.2, 0) is 16.4 Å². The maximum absolute atomic E-state index is 11.5. The number of sulfonamides is 1. The number of benzene rings is 1. The molecular formula is C19H32IN5O2S. The summed E-state index contributed by atoms with van der Waals surface area (Å²) < 4.78 is 25.5. The average molecular weight is 521 g/mol. The van der Waals surface area contributed by atoms with Crippen molar-refractivity contribution in [3.8, 4) is 0 Å². The molecule has 0 saturated heterocycles. The highest BCUT2D eigenvalue weighted by Crippen LogP contribution is 2.22. The number of halogens is 1. The smallest absolute Gasteiger partial charge is 0.209 e. The van der Waals surface area contributed by atoms with E-state index in [0.29, 0.717) is 12.5 Å². The lowest BCUT2D eigenvalue weighted by molar-refractivity contribution is 0.464. The lowest BCUT2D eigenvalue weighted by Crippen LogP contribution is -2.47. The van der Waals surface area contributed by atoms with E-state index in [1.165, 1.54) is 16.5 Å². The Kier molecular flexibility index (Phi) is 9.22. The van der Waals surface area contributed by atoms with Crippen molar-refractivity contribution in [1.82, 2.24) is 20.3 Å². The Morgan fingerprint density at radius 3 is 2.61 bits per heavy atom. The monoisotopic (exact) mass is 521 g/mol. The van der Waals surface area contributed by atoms with Gasteiger partial charge in [0.05, 0.1) is 12.8 Å². The molecule has 0 spiro atoms. The molecule has 9 heteroatoms. The Morgan fingerprint density at radius 2 is 1.96 bits per heavy atom. The minimum absolute atomic E-state index is 0. The van der Waals surface area contributed by atoms with E-state index in [4.69, 9.17) is 0 Å². The van der Waals surface area contributed by atoms with Crippen LogP contribution in [-0.4, -0.2) is 50.8 Å². The number of guanidine groups is 1. The van der Waals surface area contributed by atoms with Gasteiger partial charge in [-0.15, -0.1) is 24.0 Å². The number of hydrogen-bond donors (Lipinski definition) is 4. The number of fused-ring (bicyclic) bond motifs is 1. The highest BCUT2D eigenvalue weighted by atomic mass is 127.